The number of nitrogens with one attached hydrogen (secondary N) is 1. The van der Waals surface area contributed by atoms with Crippen molar-refractivity contribution in [2.75, 3.05) is 25.1 Å². The third kappa shape index (κ3) is 12.5. The highest BCUT2D eigenvalue weighted by atomic mass is 31.2. The monoisotopic (exact) mass is 547 g/mol. The molecule has 0 aliphatic heterocycles. The van der Waals surface area contributed by atoms with Gasteiger partial charge in [0.15, 0.2) is 0 Å². The summed E-state index contributed by atoms with van der Waals surface area (Å²) in [4.78, 5) is 88.1. The van der Waals surface area contributed by atoms with E-state index in [4.69, 9.17) is 0 Å². The first kappa shape index (κ1) is 30.0. The quantitative estimate of drug-likeness (QED) is 0.134. The molecule has 0 aromatic carbocycles. The standard InChI is InChI=1S/C12H29N3O13P4/c1-9(16)13-10-2-3-11(14(5-29(17,18)19)6-30(20,21)22)12(4-10)15(7-31(23,24)25)8-32(26,27)28/h10-12H,2-8H2,1H3,(H,13,16)(H2,17,18,19)(H2,20,21,22)(H2,23,24,25)(H2,26,27,28)/t10-,11+,12+/m1/s1. The Kier molecular flexibility index (Phi) is 10.5. The predicted molar refractivity (Wildman–Crippen MR) is 110 cm³/mol. The number of hydrogen-bond donors (Lipinski definition) is 9. The molecule has 16 nitrogen and oxygen atoms in total. The minimum atomic E-state index is -4.89. The second-order valence-electron chi connectivity index (χ2n) is 7.75. The molecule has 20 heteroatoms. The van der Waals surface area contributed by atoms with E-state index < -0.39 is 79.6 Å². The van der Waals surface area contributed by atoms with Crippen molar-refractivity contribution in [1.29, 1.82) is 0 Å². The normalized spacial score (nSPS) is 23.5. The van der Waals surface area contributed by atoms with E-state index >= 15 is 0 Å². The molecule has 1 saturated carbocycles. The van der Waals surface area contributed by atoms with Gasteiger partial charge in [0.2, 0.25) is 5.91 Å². The SMILES string of the molecule is CC(=O)N[C@@H]1CC[C@H](N(CP(=O)(O)O)CP(=O)(O)O)[C@@H](N(CP(=O)(O)O)CP(=O)(O)O)C1. The van der Waals surface area contributed by atoms with E-state index in [1.54, 1.807) is 0 Å². The van der Waals surface area contributed by atoms with Crippen molar-refractivity contribution in [2.45, 2.75) is 44.3 Å². The molecule has 32 heavy (non-hydrogen) atoms. The van der Waals surface area contributed by atoms with E-state index in [9.17, 15) is 62.2 Å². The van der Waals surface area contributed by atoms with Crippen molar-refractivity contribution < 1.29 is 62.2 Å². The molecule has 1 rings (SSSR count). The van der Waals surface area contributed by atoms with Crippen LogP contribution in [0.5, 0.6) is 0 Å². The summed E-state index contributed by atoms with van der Waals surface area (Å²) in [6, 6.07) is -2.99. The van der Waals surface area contributed by atoms with Gasteiger partial charge in [0.25, 0.3) is 0 Å². The van der Waals surface area contributed by atoms with Crippen LogP contribution in [0.2, 0.25) is 0 Å². The van der Waals surface area contributed by atoms with Crippen LogP contribution in [0.25, 0.3) is 0 Å². The summed E-state index contributed by atoms with van der Waals surface area (Å²) >= 11 is 0. The highest BCUT2D eigenvalue weighted by Gasteiger charge is 2.44. The van der Waals surface area contributed by atoms with Crippen LogP contribution in [0, 0.1) is 0 Å². The van der Waals surface area contributed by atoms with Gasteiger partial charge in [-0.15, -0.1) is 0 Å². The Morgan fingerprint density at radius 1 is 0.719 bits per heavy atom. The number of rotatable bonds is 11. The van der Waals surface area contributed by atoms with Gasteiger partial charge in [-0.05, 0) is 19.3 Å². The second kappa shape index (κ2) is 11.2. The van der Waals surface area contributed by atoms with Gasteiger partial charge >= 0.3 is 30.4 Å². The average Bonchev–Trinajstić information content (AvgIpc) is 2.47. The molecule has 1 aliphatic rings. The van der Waals surface area contributed by atoms with E-state index in [-0.39, 0.29) is 19.3 Å². The van der Waals surface area contributed by atoms with Crippen LogP contribution < -0.4 is 5.32 Å². The van der Waals surface area contributed by atoms with Crippen LogP contribution in [0.1, 0.15) is 26.2 Å². The Bertz CT molecular complexity index is 799. The van der Waals surface area contributed by atoms with Crippen LogP contribution >= 0.6 is 30.4 Å². The number of nitrogens with zero attached hydrogens (tertiary/aromatic N) is 2. The highest BCUT2D eigenvalue weighted by Crippen LogP contribution is 2.47. The summed E-state index contributed by atoms with van der Waals surface area (Å²) < 4.78 is 46.5. The third-order valence-corrected chi connectivity index (χ3v) is 7.52. The lowest BCUT2D eigenvalue weighted by Crippen LogP contribution is -2.58. The van der Waals surface area contributed by atoms with E-state index in [0.29, 0.717) is 0 Å². The first-order valence-electron chi connectivity index (χ1n) is 9.09. The second-order valence-corrected chi connectivity index (χ2v) is 14.2. The molecule has 1 fully saturated rings. The van der Waals surface area contributed by atoms with Crippen LogP contribution in [-0.4, -0.2) is 98.1 Å². The van der Waals surface area contributed by atoms with E-state index in [2.05, 4.69) is 5.32 Å². The minimum Gasteiger partial charge on any atom is -0.354 e. The van der Waals surface area contributed by atoms with Crippen molar-refractivity contribution >= 4 is 36.3 Å². The van der Waals surface area contributed by atoms with Gasteiger partial charge in [-0.25, -0.2) is 0 Å². The fraction of sp³-hybridized carbons (Fsp3) is 0.917. The minimum absolute atomic E-state index is 0.0472. The maximum Gasteiger partial charge on any atom is 0.339 e. The topological polar surface area (TPSA) is 266 Å². The lowest BCUT2D eigenvalue weighted by Gasteiger charge is -2.47. The van der Waals surface area contributed by atoms with Crippen molar-refractivity contribution in [1.82, 2.24) is 15.1 Å². The summed E-state index contributed by atoms with van der Waals surface area (Å²) in [5.41, 5.74) is 0. The Labute approximate surface area is 183 Å². The van der Waals surface area contributed by atoms with Crippen LogP contribution in [0.15, 0.2) is 0 Å². The van der Waals surface area contributed by atoms with Gasteiger partial charge in [0.1, 0.15) is 25.1 Å². The Morgan fingerprint density at radius 2 is 1.06 bits per heavy atom. The number of carbonyl (C=O) groups excluding carboxylic acids is 1. The number of amides is 1. The van der Waals surface area contributed by atoms with E-state index in [1.807, 2.05) is 0 Å². The highest BCUT2D eigenvalue weighted by molar-refractivity contribution is 7.53. The number of hydrogen-bond acceptors (Lipinski definition) is 7. The summed E-state index contributed by atoms with van der Waals surface area (Å²) in [6.07, 6.45) is -4.50. The van der Waals surface area contributed by atoms with Crippen molar-refractivity contribution in [3.63, 3.8) is 0 Å². The molecule has 0 saturated heterocycles. The largest absolute Gasteiger partial charge is 0.354 e. The van der Waals surface area contributed by atoms with Crippen molar-refractivity contribution in [2.24, 2.45) is 0 Å². The van der Waals surface area contributed by atoms with Crippen LogP contribution in [-0.2, 0) is 23.1 Å². The van der Waals surface area contributed by atoms with Gasteiger partial charge < -0.3 is 44.5 Å². The molecule has 0 unspecified atom stereocenters. The van der Waals surface area contributed by atoms with Gasteiger partial charge in [-0.1, -0.05) is 0 Å². The molecule has 9 N–H and O–H groups in total. The average molecular weight is 547 g/mol. The third-order valence-electron chi connectivity index (χ3n) is 4.59. The van der Waals surface area contributed by atoms with Gasteiger partial charge in [0, 0.05) is 25.0 Å². The van der Waals surface area contributed by atoms with Crippen molar-refractivity contribution in [3.8, 4) is 0 Å². The molecule has 0 radical (unpaired) electrons. The lowest BCUT2D eigenvalue weighted by atomic mass is 9.85. The summed E-state index contributed by atoms with van der Waals surface area (Å²) in [5, 5.41) is 2.57. The molecule has 1 aliphatic carbocycles. The van der Waals surface area contributed by atoms with Gasteiger partial charge in [-0.3, -0.25) is 32.9 Å². The zero-order chi connectivity index (χ0) is 25.1. The molecule has 0 aromatic heterocycles. The molecular weight excluding hydrogens is 518 g/mol. The van der Waals surface area contributed by atoms with E-state index in [1.165, 1.54) is 6.92 Å². The Morgan fingerprint density at radius 3 is 1.38 bits per heavy atom. The molecule has 3 atom stereocenters. The number of carbonyl (C=O) groups is 1. The maximum absolute atomic E-state index is 11.6. The fourth-order valence-electron chi connectivity index (χ4n) is 3.82. The first-order valence-corrected chi connectivity index (χ1v) is 16.3. The lowest BCUT2D eigenvalue weighted by molar-refractivity contribution is -0.120. The molecule has 0 aromatic rings. The van der Waals surface area contributed by atoms with Crippen LogP contribution in [0.4, 0.5) is 0 Å². The van der Waals surface area contributed by atoms with Crippen LogP contribution in [0.3, 0.4) is 0 Å². The molecule has 190 valence electrons. The molecule has 0 heterocycles. The summed E-state index contributed by atoms with van der Waals surface area (Å²) in [7, 11) is -19.5. The van der Waals surface area contributed by atoms with Gasteiger partial charge in [-0.2, -0.15) is 0 Å². The molecule has 1 amide bonds. The first-order chi connectivity index (χ1) is 14.2. The zero-order valence-corrected chi connectivity index (χ0v) is 20.6. The zero-order valence-electron chi connectivity index (χ0n) is 17.0. The van der Waals surface area contributed by atoms with E-state index in [0.717, 1.165) is 9.80 Å². The maximum atomic E-state index is 11.6. The summed E-state index contributed by atoms with van der Waals surface area (Å²) in [5.74, 6) is -0.453. The van der Waals surface area contributed by atoms with Crippen molar-refractivity contribution in [3.05, 3.63) is 0 Å². The molecule has 0 spiro atoms. The van der Waals surface area contributed by atoms with Gasteiger partial charge in [0.05, 0.1) is 0 Å². The predicted octanol–water partition coefficient (Wildman–Crippen LogP) is -1.44. The summed E-state index contributed by atoms with van der Waals surface area (Å²) in [6.45, 7) is 1.21. The molecular formula is C12H29N3O13P4. The smallest absolute Gasteiger partial charge is 0.339 e. The molecule has 0 bridgehead atoms. The fourth-order valence-corrected chi connectivity index (χ4v) is 7.27. The Hall–Kier alpha value is -0.0100. The Balaban J connectivity index is 3.45.